The van der Waals surface area contributed by atoms with Gasteiger partial charge in [-0.1, -0.05) is 37.1 Å². The predicted octanol–water partition coefficient (Wildman–Crippen LogP) is 3.58. The molecule has 116 valence electrons. The molecule has 1 atom stereocenters. The topological polar surface area (TPSA) is 29.3 Å². The van der Waals surface area contributed by atoms with E-state index in [-0.39, 0.29) is 30.9 Å². The Balaban J connectivity index is 0.00000180. The average molecular weight is 319 g/mol. The quantitative estimate of drug-likeness (QED) is 0.919. The fourth-order valence-electron chi connectivity index (χ4n) is 2.84. The van der Waals surface area contributed by atoms with Crippen molar-refractivity contribution in [2.24, 2.45) is 5.73 Å². The van der Waals surface area contributed by atoms with Gasteiger partial charge in [0.05, 0.1) is 0 Å². The van der Waals surface area contributed by atoms with E-state index in [0.717, 1.165) is 13.0 Å². The van der Waals surface area contributed by atoms with Gasteiger partial charge >= 0.3 is 0 Å². The summed E-state index contributed by atoms with van der Waals surface area (Å²) in [5, 5.41) is 0. The molecular weight excluding hydrogens is 291 g/mol. The molecule has 1 unspecified atom stereocenters. The van der Waals surface area contributed by atoms with Crippen molar-refractivity contribution < 1.29 is 0 Å². The molecule has 1 aliphatic rings. The lowest BCUT2D eigenvalue weighted by molar-refractivity contribution is 0.266. The van der Waals surface area contributed by atoms with E-state index in [1.165, 1.54) is 49.9 Å². The molecule has 1 saturated heterocycles. The number of aryl methyl sites for hydroxylation is 1. The van der Waals surface area contributed by atoms with Crippen LogP contribution >= 0.6 is 24.8 Å². The molecule has 20 heavy (non-hydrogen) atoms. The van der Waals surface area contributed by atoms with Crippen LogP contribution in [0.1, 0.15) is 36.8 Å². The van der Waals surface area contributed by atoms with Gasteiger partial charge in [-0.3, -0.25) is 0 Å². The monoisotopic (exact) mass is 318 g/mol. The summed E-state index contributed by atoms with van der Waals surface area (Å²) in [6.07, 6.45) is 6.48. The van der Waals surface area contributed by atoms with Crippen molar-refractivity contribution in [1.82, 2.24) is 4.90 Å². The molecule has 2 N–H and O–H groups in total. The molecule has 0 saturated carbocycles. The molecule has 0 aromatic heterocycles. The van der Waals surface area contributed by atoms with Gasteiger partial charge in [0.2, 0.25) is 0 Å². The minimum atomic E-state index is 0. The summed E-state index contributed by atoms with van der Waals surface area (Å²) in [5.74, 6) is 0. The Bertz CT molecular complexity index is 363. The number of likely N-dealkylation sites (tertiary alicyclic amines) is 1. The Morgan fingerprint density at radius 2 is 1.65 bits per heavy atom. The SMILES string of the molecule is Cc1ccccc1CC(N)CN1CCCCCC1.Cl.Cl. The molecule has 0 amide bonds. The number of rotatable bonds is 4. The number of hydrogen-bond donors (Lipinski definition) is 1. The van der Waals surface area contributed by atoms with Crippen molar-refractivity contribution in [3.8, 4) is 0 Å². The highest BCUT2D eigenvalue weighted by atomic mass is 35.5. The van der Waals surface area contributed by atoms with Gasteiger partial charge in [-0.15, -0.1) is 24.8 Å². The molecule has 0 radical (unpaired) electrons. The van der Waals surface area contributed by atoms with Crippen molar-refractivity contribution in [2.75, 3.05) is 19.6 Å². The first-order valence-corrected chi connectivity index (χ1v) is 7.28. The molecule has 1 aromatic carbocycles. The van der Waals surface area contributed by atoms with Gasteiger partial charge in [0, 0.05) is 12.6 Å². The van der Waals surface area contributed by atoms with E-state index >= 15 is 0 Å². The van der Waals surface area contributed by atoms with E-state index in [0.29, 0.717) is 0 Å². The highest BCUT2D eigenvalue weighted by Gasteiger charge is 2.13. The summed E-state index contributed by atoms with van der Waals surface area (Å²) >= 11 is 0. The zero-order valence-electron chi connectivity index (χ0n) is 12.4. The van der Waals surface area contributed by atoms with E-state index in [9.17, 15) is 0 Å². The normalized spacial score (nSPS) is 17.5. The smallest absolute Gasteiger partial charge is 0.0208 e. The van der Waals surface area contributed by atoms with Crippen molar-refractivity contribution in [3.05, 3.63) is 35.4 Å². The van der Waals surface area contributed by atoms with Gasteiger partial charge in [0.25, 0.3) is 0 Å². The van der Waals surface area contributed by atoms with Crippen LogP contribution in [0.5, 0.6) is 0 Å². The van der Waals surface area contributed by atoms with Crippen LogP contribution < -0.4 is 5.73 Å². The lowest BCUT2D eigenvalue weighted by Gasteiger charge is -2.24. The van der Waals surface area contributed by atoms with Gasteiger partial charge < -0.3 is 10.6 Å². The van der Waals surface area contributed by atoms with Crippen molar-refractivity contribution in [3.63, 3.8) is 0 Å². The zero-order chi connectivity index (χ0) is 12.8. The summed E-state index contributed by atoms with van der Waals surface area (Å²) in [6, 6.07) is 8.86. The third-order valence-corrected chi connectivity index (χ3v) is 3.93. The van der Waals surface area contributed by atoms with Crippen LogP contribution in [-0.4, -0.2) is 30.6 Å². The lowest BCUT2D eigenvalue weighted by Crippen LogP contribution is -2.39. The molecule has 2 nitrogen and oxygen atoms in total. The highest BCUT2D eigenvalue weighted by molar-refractivity contribution is 5.85. The number of nitrogens with two attached hydrogens (primary N) is 1. The predicted molar refractivity (Wildman–Crippen MR) is 92.3 cm³/mol. The largest absolute Gasteiger partial charge is 0.326 e. The molecule has 1 fully saturated rings. The lowest BCUT2D eigenvalue weighted by atomic mass is 10.0. The average Bonchev–Trinajstić information content (AvgIpc) is 2.61. The van der Waals surface area contributed by atoms with Gasteiger partial charge in [-0.05, 0) is 50.4 Å². The molecule has 0 bridgehead atoms. The first-order valence-electron chi connectivity index (χ1n) is 7.28. The fourth-order valence-corrected chi connectivity index (χ4v) is 2.84. The van der Waals surface area contributed by atoms with E-state index in [1.54, 1.807) is 0 Å². The summed E-state index contributed by atoms with van der Waals surface area (Å²) in [4.78, 5) is 2.55. The Morgan fingerprint density at radius 1 is 1.05 bits per heavy atom. The van der Waals surface area contributed by atoms with Crippen molar-refractivity contribution in [1.29, 1.82) is 0 Å². The maximum Gasteiger partial charge on any atom is 0.0208 e. The molecule has 1 aliphatic heterocycles. The van der Waals surface area contributed by atoms with Crippen LogP contribution in [0.3, 0.4) is 0 Å². The molecule has 0 spiro atoms. The third kappa shape index (κ3) is 6.45. The Kier molecular flexibility index (Phi) is 10.3. The standard InChI is InChI=1S/C16H26N2.2ClH/c1-14-8-4-5-9-15(14)12-16(17)13-18-10-6-2-3-7-11-18;;/h4-5,8-9,16H,2-3,6-7,10-13,17H2,1H3;2*1H. The van der Waals surface area contributed by atoms with Gasteiger partial charge in [0.15, 0.2) is 0 Å². The third-order valence-electron chi connectivity index (χ3n) is 3.93. The second-order valence-electron chi connectivity index (χ2n) is 5.61. The zero-order valence-corrected chi connectivity index (χ0v) is 14.0. The van der Waals surface area contributed by atoms with Crippen molar-refractivity contribution in [2.45, 2.75) is 45.1 Å². The highest BCUT2D eigenvalue weighted by Crippen LogP contribution is 2.12. The number of benzene rings is 1. The van der Waals surface area contributed by atoms with Crippen LogP contribution in [0.4, 0.5) is 0 Å². The Morgan fingerprint density at radius 3 is 2.25 bits per heavy atom. The second-order valence-corrected chi connectivity index (χ2v) is 5.61. The molecule has 0 aliphatic carbocycles. The maximum atomic E-state index is 6.31. The van der Waals surface area contributed by atoms with Crippen LogP contribution in [0.15, 0.2) is 24.3 Å². The van der Waals surface area contributed by atoms with E-state index in [4.69, 9.17) is 5.73 Å². The van der Waals surface area contributed by atoms with E-state index < -0.39 is 0 Å². The van der Waals surface area contributed by atoms with Crippen LogP contribution in [0.25, 0.3) is 0 Å². The Hall–Kier alpha value is -0.280. The number of halogens is 2. The Labute approximate surface area is 135 Å². The van der Waals surface area contributed by atoms with Crippen LogP contribution in [0.2, 0.25) is 0 Å². The van der Waals surface area contributed by atoms with E-state index in [1.807, 2.05) is 0 Å². The summed E-state index contributed by atoms with van der Waals surface area (Å²) in [5.41, 5.74) is 9.08. The second kappa shape index (κ2) is 10.4. The van der Waals surface area contributed by atoms with E-state index in [2.05, 4.69) is 36.1 Å². The maximum absolute atomic E-state index is 6.31. The molecule has 4 heteroatoms. The van der Waals surface area contributed by atoms with Gasteiger partial charge in [-0.25, -0.2) is 0 Å². The molecule has 2 rings (SSSR count). The minimum absolute atomic E-state index is 0. The first kappa shape index (κ1) is 19.7. The van der Waals surface area contributed by atoms with Gasteiger partial charge in [0.1, 0.15) is 0 Å². The van der Waals surface area contributed by atoms with Gasteiger partial charge in [-0.2, -0.15) is 0 Å². The summed E-state index contributed by atoms with van der Waals surface area (Å²) in [6.45, 7) is 5.70. The molecule has 1 heterocycles. The number of nitrogens with zero attached hydrogens (tertiary/aromatic N) is 1. The van der Waals surface area contributed by atoms with Crippen LogP contribution in [0, 0.1) is 6.92 Å². The summed E-state index contributed by atoms with van der Waals surface area (Å²) in [7, 11) is 0. The minimum Gasteiger partial charge on any atom is -0.326 e. The molecule has 1 aromatic rings. The number of hydrogen-bond acceptors (Lipinski definition) is 2. The summed E-state index contributed by atoms with van der Waals surface area (Å²) < 4.78 is 0. The van der Waals surface area contributed by atoms with Crippen molar-refractivity contribution >= 4 is 24.8 Å². The fraction of sp³-hybridized carbons (Fsp3) is 0.625. The van der Waals surface area contributed by atoms with Crippen LogP contribution in [-0.2, 0) is 6.42 Å². The first-order chi connectivity index (χ1) is 8.75. The molecular formula is C16H28Cl2N2.